The van der Waals surface area contributed by atoms with Gasteiger partial charge in [0.2, 0.25) is 5.91 Å². The second kappa shape index (κ2) is 10.0. The van der Waals surface area contributed by atoms with Crippen molar-refractivity contribution in [2.75, 3.05) is 11.9 Å². The maximum Gasteiger partial charge on any atom is 0.407 e. The summed E-state index contributed by atoms with van der Waals surface area (Å²) in [6.07, 6.45) is -1.48. The zero-order valence-electron chi connectivity index (χ0n) is 18.2. The summed E-state index contributed by atoms with van der Waals surface area (Å²) in [6.45, 7) is 1.80. The number of anilines is 1. The predicted molar refractivity (Wildman–Crippen MR) is 130 cm³/mol. The summed E-state index contributed by atoms with van der Waals surface area (Å²) >= 11 is 3.33. The van der Waals surface area contributed by atoms with Crippen molar-refractivity contribution in [1.82, 2.24) is 10.3 Å². The van der Waals surface area contributed by atoms with Gasteiger partial charge in [-0.2, -0.15) is 0 Å². The highest BCUT2D eigenvalue weighted by Gasteiger charge is 2.30. The number of amides is 2. The first kappa shape index (κ1) is 23.4. The van der Waals surface area contributed by atoms with Crippen LogP contribution in [0, 0.1) is 6.92 Å². The normalized spacial score (nSPS) is 12.9. The number of halogens is 1. The van der Waals surface area contributed by atoms with Gasteiger partial charge in [-0.3, -0.25) is 9.59 Å². The number of aliphatic carboxylic acids is 1. The van der Waals surface area contributed by atoms with Gasteiger partial charge in [0, 0.05) is 10.4 Å². The molecule has 3 aromatic rings. The molecule has 0 spiro atoms. The average molecular weight is 524 g/mol. The van der Waals surface area contributed by atoms with Gasteiger partial charge < -0.3 is 20.5 Å². The number of carboxylic acids is 1. The number of pyridine rings is 1. The minimum atomic E-state index is -1.33. The number of nitrogens with zero attached hydrogens (tertiary/aromatic N) is 1. The van der Waals surface area contributed by atoms with E-state index in [9.17, 15) is 19.5 Å². The van der Waals surface area contributed by atoms with E-state index in [1.165, 1.54) is 0 Å². The zero-order valence-corrected chi connectivity index (χ0v) is 19.8. The molecule has 1 heterocycles. The molecule has 0 fully saturated rings. The van der Waals surface area contributed by atoms with Crippen molar-refractivity contribution >= 4 is 39.7 Å². The van der Waals surface area contributed by atoms with Crippen LogP contribution < -0.4 is 10.6 Å². The number of ether oxygens (including phenoxy) is 1. The van der Waals surface area contributed by atoms with E-state index in [-0.39, 0.29) is 18.3 Å². The lowest BCUT2D eigenvalue weighted by Gasteiger charge is -2.18. The number of carbonyl (C=O) groups excluding carboxylic acids is 2. The molecule has 9 heteroatoms. The maximum absolute atomic E-state index is 12.7. The highest BCUT2D eigenvalue weighted by Crippen LogP contribution is 2.44. The Kier molecular flexibility index (Phi) is 6.93. The Balaban J connectivity index is 1.43. The molecule has 1 unspecified atom stereocenters. The molecule has 8 nitrogen and oxygen atoms in total. The number of aryl methyl sites for hydroxylation is 1. The fourth-order valence-electron chi connectivity index (χ4n) is 3.99. The van der Waals surface area contributed by atoms with Gasteiger partial charge in [0.15, 0.2) is 0 Å². The molecular formula is C25H22BrN3O5. The van der Waals surface area contributed by atoms with Crippen LogP contribution in [0.4, 0.5) is 10.6 Å². The summed E-state index contributed by atoms with van der Waals surface area (Å²) in [5.74, 6) is -1.85. The predicted octanol–water partition coefficient (Wildman–Crippen LogP) is 4.47. The minimum Gasteiger partial charge on any atom is -0.481 e. The van der Waals surface area contributed by atoms with Crippen molar-refractivity contribution in [3.05, 3.63) is 82.0 Å². The lowest BCUT2D eigenvalue weighted by atomic mass is 9.98. The van der Waals surface area contributed by atoms with Crippen LogP contribution in [-0.4, -0.2) is 40.7 Å². The summed E-state index contributed by atoms with van der Waals surface area (Å²) in [6, 6.07) is 17.8. The largest absolute Gasteiger partial charge is 0.481 e. The fourth-order valence-corrected chi connectivity index (χ4v) is 4.21. The smallest absolute Gasteiger partial charge is 0.407 e. The molecule has 174 valence electrons. The minimum absolute atomic E-state index is 0.0503. The summed E-state index contributed by atoms with van der Waals surface area (Å²) < 4.78 is 6.21. The number of fused-ring (bicyclic) bond motifs is 3. The number of aromatic nitrogens is 1. The molecule has 2 amide bonds. The van der Waals surface area contributed by atoms with E-state index in [0.717, 1.165) is 26.7 Å². The van der Waals surface area contributed by atoms with Gasteiger partial charge in [0.1, 0.15) is 18.5 Å². The zero-order chi connectivity index (χ0) is 24.2. The van der Waals surface area contributed by atoms with E-state index in [4.69, 9.17) is 4.74 Å². The molecule has 0 aliphatic heterocycles. The molecule has 0 radical (unpaired) electrons. The van der Waals surface area contributed by atoms with Gasteiger partial charge in [-0.25, -0.2) is 9.78 Å². The van der Waals surface area contributed by atoms with Crippen LogP contribution in [0.5, 0.6) is 0 Å². The summed E-state index contributed by atoms with van der Waals surface area (Å²) in [7, 11) is 0. The summed E-state index contributed by atoms with van der Waals surface area (Å²) in [5, 5.41) is 14.1. The molecule has 34 heavy (non-hydrogen) atoms. The fraction of sp³-hybridized carbons (Fsp3) is 0.200. The van der Waals surface area contributed by atoms with Crippen LogP contribution in [0.15, 0.2) is 65.1 Å². The van der Waals surface area contributed by atoms with Crippen molar-refractivity contribution in [3.63, 3.8) is 0 Å². The first-order chi connectivity index (χ1) is 16.3. The number of nitrogens with one attached hydrogen (secondary N) is 2. The highest BCUT2D eigenvalue weighted by molar-refractivity contribution is 9.10. The van der Waals surface area contributed by atoms with Gasteiger partial charge in [-0.15, -0.1) is 0 Å². The molecule has 1 aliphatic rings. The third-order valence-electron chi connectivity index (χ3n) is 5.60. The van der Waals surface area contributed by atoms with E-state index >= 15 is 0 Å². The Hall–Kier alpha value is -3.72. The molecule has 0 saturated heterocycles. The van der Waals surface area contributed by atoms with Gasteiger partial charge in [-0.1, -0.05) is 48.5 Å². The highest BCUT2D eigenvalue weighted by atomic mass is 79.9. The molecule has 3 N–H and O–H groups in total. The second-order valence-electron chi connectivity index (χ2n) is 7.87. The Morgan fingerprint density at radius 3 is 2.24 bits per heavy atom. The standard InChI is InChI=1S/C25H22BrN3O5/c1-14-20(26)10-11-22(27-14)29-24(32)21(12-23(30)31)28-25(33)34-13-19-17-8-4-2-6-15(17)16-7-3-5-9-18(16)19/h2-11,19,21H,12-13H2,1H3,(H,28,33)(H,30,31)(H,27,29,32). The lowest BCUT2D eigenvalue weighted by molar-refractivity contribution is -0.139. The van der Waals surface area contributed by atoms with Gasteiger partial charge in [-0.05, 0) is 57.2 Å². The molecule has 0 bridgehead atoms. The summed E-state index contributed by atoms with van der Waals surface area (Å²) in [4.78, 5) is 40.7. The van der Waals surface area contributed by atoms with Crippen LogP contribution in [0.25, 0.3) is 11.1 Å². The number of carbonyl (C=O) groups is 3. The number of hydrogen-bond donors (Lipinski definition) is 3. The van der Waals surface area contributed by atoms with Crippen LogP contribution in [0.1, 0.15) is 29.2 Å². The van der Waals surface area contributed by atoms with Crippen LogP contribution >= 0.6 is 15.9 Å². The first-order valence-electron chi connectivity index (χ1n) is 10.6. The number of hydrogen-bond acceptors (Lipinski definition) is 5. The average Bonchev–Trinajstić information content (AvgIpc) is 3.13. The lowest BCUT2D eigenvalue weighted by Crippen LogP contribution is -2.45. The van der Waals surface area contributed by atoms with Gasteiger partial charge in [0.25, 0.3) is 0 Å². The summed E-state index contributed by atoms with van der Waals surface area (Å²) in [5.41, 5.74) is 4.93. The number of benzene rings is 2. The Morgan fingerprint density at radius 2 is 1.65 bits per heavy atom. The molecule has 1 aromatic heterocycles. The number of rotatable bonds is 7. The molecular weight excluding hydrogens is 502 g/mol. The van der Waals surface area contributed by atoms with E-state index in [1.54, 1.807) is 19.1 Å². The molecule has 0 saturated carbocycles. The number of carboxylic acid groups (broad SMARTS) is 1. The van der Waals surface area contributed by atoms with Gasteiger partial charge in [0.05, 0.1) is 12.1 Å². The molecule has 1 aliphatic carbocycles. The van der Waals surface area contributed by atoms with E-state index < -0.39 is 30.4 Å². The van der Waals surface area contributed by atoms with Crippen molar-refractivity contribution in [2.24, 2.45) is 0 Å². The van der Waals surface area contributed by atoms with Crippen LogP contribution in [0.2, 0.25) is 0 Å². The number of alkyl carbamates (subject to hydrolysis) is 1. The van der Waals surface area contributed by atoms with Crippen molar-refractivity contribution < 1.29 is 24.2 Å². The van der Waals surface area contributed by atoms with Crippen molar-refractivity contribution in [1.29, 1.82) is 0 Å². The first-order valence-corrected chi connectivity index (χ1v) is 11.4. The monoisotopic (exact) mass is 523 g/mol. The van der Waals surface area contributed by atoms with E-state index in [2.05, 4.69) is 31.5 Å². The topological polar surface area (TPSA) is 118 Å². The van der Waals surface area contributed by atoms with E-state index in [1.807, 2.05) is 48.5 Å². The third-order valence-corrected chi connectivity index (χ3v) is 6.44. The van der Waals surface area contributed by atoms with Crippen LogP contribution in [-0.2, 0) is 14.3 Å². The molecule has 1 atom stereocenters. The van der Waals surface area contributed by atoms with E-state index in [0.29, 0.717) is 5.69 Å². The SMILES string of the molecule is Cc1nc(NC(=O)C(CC(=O)O)NC(=O)OCC2c3ccccc3-c3ccccc32)ccc1Br. The maximum atomic E-state index is 12.7. The quantitative estimate of drug-likeness (QED) is 0.420. The molecule has 2 aromatic carbocycles. The van der Waals surface area contributed by atoms with Crippen molar-refractivity contribution in [2.45, 2.75) is 25.3 Å². The van der Waals surface area contributed by atoms with Crippen LogP contribution in [0.3, 0.4) is 0 Å². The Labute approximate surface area is 204 Å². The van der Waals surface area contributed by atoms with Gasteiger partial charge >= 0.3 is 12.1 Å². The Morgan fingerprint density at radius 1 is 1.03 bits per heavy atom. The Bertz CT molecular complexity index is 1220. The van der Waals surface area contributed by atoms with Crippen molar-refractivity contribution in [3.8, 4) is 11.1 Å². The second-order valence-corrected chi connectivity index (χ2v) is 8.73. The third kappa shape index (κ3) is 5.09. The molecule has 4 rings (SSSR count).